The second kappa shape index (κ2) is 7.69. The molecule has 0 aliphatic carbocycles. The van der Waals surface area contributed by atoms with Crippen LogP contribution >= 0.6 is 0 Å². The fraction of sp³-hybridized carbons (Fsp3) is 0.550. The summed E-state index contributed by atoms with van der Waals surface area (Å²) < 4.78 is 7.81. The van der Waals surface area contributed by atoms with Gasteiger partial charge >= 0.3 is 0 Å². The second-order valence-electron chi connectivity index (χ2n) is 7.51. The summed E-state index contributed by atoms with van der Waals surface area (Å²) in [6, 6.07) is 2.02. The van der Waals surface area contributed by atoms with Gasteiger partial charge in [0.1, 0.15) is 12.1 Å². The highest BCUT2D eigenvalue weighted by atomic mass is 16.5. The van der Waals surface area contributed by atoms with Gasteiger partial charge in [-0.3, -0.25) is 0 Å². The van der Waals surface area contributed by atoms with Gasteiger partial charge in [0.2, 0.25) is 5.88 Å². The molecule has 1 aliphatic rings. The standard InChI is InChI=1S/C20H27N7O/c1-5-17-10-18(25-24-15(17)4)28-11-16-6-8-26(9-7-16)19-13(2)14(3)23-20-21-12-22-27(19)20/h10,12,16H,5-9,11H2,1-4H3. The van der Waals surface area contributed by atoms with Crippen molar-refractivity contribution < 1.29 is 4.74 Å². The van der Waals surface area contributed by atoms with Gasteiger partial charge in [-0.15, -0.1) is 5.10 Å². The van der Waals surface area contributed by atoms with Crippen LogP contribution in [-0.2, 0) is 6.42 Å². The molecule has 4 heterocycles. The lowest BCUT2D eigenvalue weighted by Gasteiger charge is -2.34. The third-order valence-corrected chi connectivity index (χ3v) is 5.70. The average molecular weight is 381 g/mol. The monoisotopic (exact) mass is 381 g/mol. The molecule has 1 saturated heterocycles. The smallest absolute Gasteiger partial charge is 0.254 e. The Balaban J connectivity index is 1.40. The van der Waals surface area contributed by atoms with Gasteiger partial charge in [0.05, 0.1) is 12.3 Å². The van der Waals surface area contributed by atoms with E-state index in [4.69, 9.17) is 4.74 Å². The number of aromatic nitrogens is 6. The van der Waals surface area contributed by atoms with Gasteiger partial charge in [-0.2, -0.15) is 19.7 Å². The Hall–Kier alpha value is -2.77. The van der Waals surface area contributed by atoms with E-state index in [9.17, 15) is 0 Å². The van der Waals surface area contributed by atoms with Crippen LogP contribution in [0.15, 0.2) is 12.4 Å². The lowest BCUT2D eigenvalue weighted by atomic mass is 9.97. The van der Waals surface area contributed by atoms with E-state index >= 15 is 0 Å². The van der Waals surface area contributed by atoms with Crippen molar-refractivity contribution in [3.63, 3.8) is 0 Å². The van der Waals surface area contributed by atoms with Crippen LogP contribution in [0, 0.1) is 26.7 Å². The second-order valence-corrected chi connectivity index (χ2v) is 7.51. The van der Waals surface area contributed by atoms with Crippen LogP contribution in [-0.4, -0.2) is 49.5 Å². The molecule has 28 heavy (non-hydrogen) atoms. The van der Waals surface area contributed by atoms with Crippen molar-refractivity contribution in [3.8, 4) is 5.88 Å². The Morgan fingerprint density at radius 1 is 1.11 bits per heavy atom. The number of hydrogen-bond donors (Lipinski definition) is 0. The number of ether oxygens (including phenoxy) is 1. The van der Waals surface area contributed by atoms with E-state index in [0.29, 0.717) is 24.2 Å². The molecule has 8 nitrogen and oxygen atoms in total. The number of fused-ring (bicyclic) bond motifs is 1. The summed E-state index contributed by atoms with van der Waals surface area (Å²) in [5, 5.41) is 12.8. The molecular formula is C20H27N7O. The van der Waals surface area contributed by atoms with Gasteiger partial charge in [-0.25, -0.2) is 4.98 Å². The number of hydrogen-bond acceptors (Lipinski definition) is 7. The maximum Gasteiger partial charge on any atom is 0.254 e. The van der Waals surface area contributed by atoms with E-state index < -0.39 is 0 Å². The fourth-order valence-corrected chi connectivity index (χ4v) is 3.80. The predicted molar refractivity (Wildman–Crippen MR) is 107 cm³/mol. The van der Waals surface area contributed by atoms with E-state index in [2.05, 4.69) is 44.0 Å². The zero-order chi connectivity index (χ0) is 19.7. The maximum absolute atomic E-state index is 5.95. The molecule has 4 rings (SSSR count). The first-order valence-corrected chi connectivity index (χ1v) is 9.94. The van der Waals surface area contributed by atoms with Crippen molar-refractivity contribution in [1.82, 2.24) is 29.8 Å². The Bertz CT molecular complexity index is 976. The minimum Gasteiger partial charge on any atom is -0.476 e. The summed E-state index contributed by atoms with van der Waals surface area (Å²) in [6.07, 6.45) is 4.64. The van der Waals surface area contributed by atoms with Crippen LogP contribution in [0.2, 0.25) is 0 Å². The highest BCUT2D eigenvalue weighted by Gasteiger charge is 2.24. The Morgan fingerprint density at radius 3 is 2.64 bits per heavy atom. The molecule has 0 amide bonds. The molecule has 0 atom stereocenters. The zero-order valence-corrected chi connectivity index (χ0v) is 17.0. The Kier molecular flexibility index (Phi) is 5.11. The van der Waals surface area contributed by atoms with Crippen molar-refractivity contribution in [3.05, 3.63) is 34.9 Å². The first kappa shape index (κ1) is 18.6. The molecule has 3 aromatic heterocycles. The van der Waals surface area contributed by atoms with Crippen LogP contribution in [0.25, 0.3) is 5.78 Å². The third kappa shape index (κ3) is 3.50. The van der Waals surface area contributed by atoms with Crippen molar-refractivity contribution >= 4 is 11.6 Å². The minimum absolute atomic E-state index is 0.513. The van der Waals surface area contributed by atoms with Gasteiger partial charge in [0.25, 0.3) is 5.78 Å². The van der Waals surface area contributed by atoms with Crippen molar-refractivity contribution in [2.75, 3.05) is 24.6 Å². The quantitative estimate of drug-likeness (QED) is 0.672. The Morgan fingerprint density at radius 2 is 1.89 bits per heavy atom. The molecule has 0 aromatic carbocycles. The molecule has 1 aliphatic heterocycles. The van der Waals surface area contributed by atoms with Crippen LogP contribution in [0.3, 0.4) is 0 Å². The molecule has 8 heteroatoms. The van der Waals surface area contributed by atoms with Crippen molar-refractivity contribution in [2.45, 2.75) is 47.0 Å². The van der Waals surface area contributed by atoms with Crippen LogP contribution < -0.4 is 9.64 Å². The summed E-state index contributed by atoms with van der Waals surface area (Å²) in [6.45, 7) is 10.9. The topological polar surface area (TPSA) is 81.3 Å². The first-order chi connectivity index (χ1) is 13.6. The van der Waals surface area contributed by atoms with E-state index in [1.54, 1.807) is 6.33 Å². The van der Waals surface area contributed by atoms with Gasteiger partial charge < -0.3 is 9.64 Å². The van der Waals surface area contributed by atoms with Crippen molar-refractivity contribution in [2.24, 2.45) is 5.92 Å². The molecule has 1 fully saturated rings. The van der Waals surface area contributed by atoms with Gasteiger partial charge in [-0.05, 0) is 51.5 Å². The minimum atomic E-state index is 0.513. The predicted octanol–water partition coefficient (Wildman–Crippen LogP) is 2.70. The van der Waals surface area contributed by atoms with Crippen molar-refractivity contribution in [1.29, 1.82) is 0 Å². The molecule has 148 valence electrons. The van der Waals surface area contributed by atoms with E-state index in [1.165, 1.54) is 5.56 Å². The summed E-state index contributed by atoms with van der Waals surface area (Å²) >= 11 is 0. The molecule has 0 spiro atoms. The highest BCUT2D eigenvalue weighted by Crippen LogP contribution is 2.27. The third-order valence-electron chi connectivity index (χ3n) is 5.70. The molecule has 0 N–H and O–H groups in total. The summed E-state index contributed by atoms with van der Waals surface area (Å²) in [4.78, 5) is 11.2. The van der Waals surface area contributed by atoms with Gasteiger partial charge in [0.15, 0.2) is 0 Å². The number of rotatable bonds is 5. The van der Waals surface area contributed by atoms with E-state index in [1.807, 2.05) is 24.4 Å². The summed E-state index contributed by atoms with van der Waals surface area (Å²) in [7, 11) is 0. The lowest BCUT2D eigenvalue weighted by Crippen LogP contribution is -2.37. The number of nitrogens with zero attached hydrogens (tertiary/aromatic N) is 7. The first-order valence-electron chi connectivity index (χ1n) is 9.94. The zero-order valence-electron chi connectivity index (χ0n) is 17.0. The number of aryl methyl sites for hydroxylation is 3. The molecule has 0 saturated carbocycles. The molecule has 0 bridgehead atoms. The van der Waals surface area contributed by atoms with Crippen LogP contribution in [0.1, 0.15) is 42.3 Å². The van der Waals surface area contributed by atoms with E-state index in [-0.39, 0.29) is 0 Å². The lowest BCUT2D eigenvalue weighted by molar-refractivity contribution is 0.213. The number of piperidine rings is 1. The normalized spacial score (nSPS) is 15.4. The number of anilines is 1. The highest BCUT2D eigenvalue weighted by molar-refractivity contribution is 5.54. The SMILES string of the molecule is CCc1cc(OCC2CCN(c3c(C)c(C)nc4ncnn34)CC2)nnc1C. The molecule has 0 radical (unpaired) electrons. The van der Waals surface area contributed by atoms with Crippen LogP contribution in [0.4, 0.5) is 5.82 Å². The fourth-order valence-electron chi connectivity index (χ4n) is 3.80. The summed E-state index contributed by atoms with van der Waals surface area (Å²) in [5.74, 6) is 2.92. The molecule has 0 unspecified atom stereocenters. The van der Waals surface area contributed by atoms with Crippen LogP contribution in [0.5, 0.6) is 5.88 Å². The van der Waals surface area contributed by atoms with Gasteiger partial charge in [0, 0.05) is 30.4 Å². The average Bonchev–Trinajstić information content (AvgIpc) is 3.16. The summed E-state index contributed by atoms with van der Waals surface area (Å²) in [5.41, 5.74) is 4.34. The molecular weight excluding hydrogens is 354 g/mol. The van der Waals surface area contributed by atoms with Gasteiger partial charge in [-0.1, -0.05) is 6.92 Å². The van der Waals surface area contributed by atoms with E-state index in [0.717, 1.165) is 55.1 Å². The molecule has 3 aromatic rings. The largest absolute Gasteiger partial charge is 0.476 e. The Labute approximate surface area is 165 Å². The maximum atomic E-state index is 5.95.